The summed E-state index contributed by atoms with van der Waals surface area (Å²) in [5.41, 5.74) is 0. The Labute approximate surface area is 144 Å². The van der Waals surface area contributed by atoms with Crippen LogP contribution in [-0.2, 0) is 10.1 Å². The fraction of sp³-hybridized carbons (Fsp3) is 0.895. The molecule has 4 heteroatoms. The van der Waals surface area contributed by atoms with E-state index >= 15 is 0 Å². The highest BCUT2D eigenvalue weighted by Crippen LogP contribution is 2.13. The van der Waals surface area contributed by atoms with E-state index in [1.807, 2.05) is 0 Å². The Morgan fingerprint density at radius 2 is 1.00 bits per heavy atom. The van der Waals surface area contributed by atoms with Gasteiger partial charge in [-0.1, -0.05) is 103 Å². The lowest BCUT2D eigenvalue weighted by atomic mass is 10.0. The molecule has 0 aliphatic rings. The molecule has 0 amide bonds. The number of unbranched alkanes of at least 4 members (excludes halogenated alkanes) is 15. The lowest BCUT2D eigenvalue weighted by Gasteiger charge is -2.03. The SMILES string of the molecule is CCCCCCCCCCCCCCCCCC=CS(=O)(=O)O. The van der Waals surface area contributed by atoms with Crippen LogP contribution in [0.1, 0.15) is 110 Å². The van der Waals surface area contributed by atoms with Gasteiger partial charge in [0.05, 0.1) is 5.41 Å². The van der Waals surface area contributed by atoms with Crippen LogP contribution in [0, 0.1) is 0 Å². The monoisotopic (exact) mass is 346 g/mol. The van der Waals surface area contributed by atoms with E-state index in [4.69, 9.17) is 4.55 Å². The highest BCUT2D eigenvalue weighted by Gasteiger charge is 1.95. The van der Waals surface area contributed by atoms with Crippen LogP contribution in [0.3, 0.4) is 0 Å². The second kappa shape index (κ2) is 16.5. The molecule has 23 heavy (non-hydrogen) atoms. The van der Waals surface area contributed by atoms with E-state index in [-0.39, 0.29) is 0 Å². The zero-order valence-corrected chi connectivity index (χ0v) is 16.0. The van der Waals surface area contributed by atoms with Gasteiger partial charge in [-0.15, -0.1) is 0 Å². The van der Waals surface area contributed by atoms with Crippen LogP contribution in [-0.4, -0.2) is 13.0 Å². The van der Waals surface area contributed by atoms with Gasteiger partial charge < -0.3 is 0 Å². The molecule has 3 nitrogen and oxygen atoms in total. The summed E-state index contributed by atoms with van der Waals surface area (Å²) in [6.45, 7) is 2.26. The van der Waals surface area contributed by atoms with E-state index in [1.165, 1.54) is 89.5 Å². The molecular formula is C19H38O3S. The molecule has 0 saturated carbocycles. The van der Waals surface area contributed by atoms with E-state index in [1.54, 1.807) is 0 Å². The third kappa shape index (κ3) is 21.6. The van der Waals surface area contributed by atoms with Crippen molar-refractivity contribution in [1.29, 1.82) is 0 Å². The molecular weight excluding hydrogens is 308 g/mol. The number of allylic oxidation sites excluding steroid dienone is 1. The van der Waals surface area contributed by atoms with E-state index in [0.717, 1.165) is 24.7 Å². The van der Waals surface area contributed by atoms with Gasteiger partial charge in [0.2, 0.25) is 0 Å². The van der Waals surface area contributed by atoms with Gasteiger partial charge in [0.1, 0.15) is 0 Å². The van der Waals surface area contributed by atoms with Gasteiger partial charge >= 0.3 is 0 Å². The summed E-state index contributed by atoms with van der Waals surface area (Å²) < 4.78 is 29.4. The van der Waals surface area contributed by atoms with Crippen molar-refractivity contribution in [2.75, 3.05) is 0 Å². The molecule has 0 unspecified atom stereocenters. The number of hydrogen-bond acceptors (Lipinski definition) is 2. The average molecular weight is 347 g/mol. The van der Waals surface area contributed by atoms with Gasteiger partial charge in [-0.3, -0.25) is 4.55 Å². The Balaban J connectivity index is 3.09. The lowest BCUT2D eigenvalue weighted by molar-refractivity contribution is 0.494. The third-order valence-corrected chi connectivity index (χ3v) is 4.78. The average Bonchev–Trinajstić information content (AvgIpc) is 2.49. The smallest absolute Gasteiger partial charge is 0.282 e. The molecule has 0 aliphatic heterocycles. The topological polar surface area (TPSA) is 54.4 Å². The van der Waals surface area contributed by atoms with Crippen LogP contribution < -0.4 is 0 Å². The first kappa shape index (κ1) is 22.6. The highest BCUT2D eigenvalue weighted by molar-refractivity contribution is 7.88. The molecule has 0 atom stereocenters. The van der Waals surface area contributed by atoms with Gasteiger partial charge in [-0.25, -0.2) is 0 Å². The van der Waals surface area contributed by atoms with Crippen molar-refractivity contribution in [2.24, 2.45) is 0 Å². The minimum Gasteiger partial charge on any atom is -0.282 e. The maximum absolute atomic E-state index is 10.5. The van der Waals surface area contributed by atoms with Crippen molar-refractivity contribution in [3.05, 3.63) is 11.5 Å². The summed E-state index contributed by atoms with van der Waals surface area (Å²) in [6.07, 6.45) is 22.2. The minimum absolute atomic E-state index is 0.734. The van der Waals surface area contributed by atoms with Crippen molar-refractivity contribution in [1.82, 2.24) is 0 Å². The Hall–Kier alpha value is -0.350. The van der Waals surface area contributed by atoms with Crippen LogP contribution in [0.2, 0.25) is 0 Å². The first-order valence-electron chi connectivity index (χ1n) is 9.70. The van der Waals surface area contributed by atoms with E-state index in [2.05, 4.69) is 6.92 Å². The molecule has 0 bridgehead atoms. The molecule has 0 saturated heterocycles. The van der Waals surface area contributed by atoms with Crippen LogP contribution in [0.15, 0.2) is 11.5 Å². The lowest BCUT2D eigenvalue weighted by Crippen LogP contribution is -1.89. The molecule has 0 aromatic carbocycles. The van der Waals surface area contributed by atoms with Crippen molar-refractivity contribution in [3.63, 3.8) is 0 Å². The van der Waals surface area contributed by atoms with Crippen LogP contribution in [0.5, 0.6) is 0 Å². The summed E-state index contributed by atoms with van der Waals surface area (Å²) in [5.74, 6) is 0. The highest BCUT2D eigenvalue weighted by atomic mass is 32.2. The zero-order chi connectivity index (χ0) is 17.2. The van der Waals surface area contributed by atoms with E-state index in [0.29, 0.717) is 0 Å². The molecule has 0 aromatic rings. The second-order valence-corrected chi connectivity index (χ2v) is 7.93. The van der Waals surface area contributed by atoms with Crippen molar-refractivity contribution < 1.29 is 13.0 Å². The molecule has 0 rings (SSSR count). The largest absolute Gasteiger partial charge is 0.287 e. The molecule has 0 heterocycles. The molecule has 1 N–H and O–H groups in total. The van der Waals surface area contributed by atoms with E-state index in [9.17, 15) is 8.42 Å². The Kier molecular flexibility index (Phi) is 16.3. The second-order valence-electron chi connectivity index (χ2n) is 6.63. The molecule has 138 valence electrons. The van der Waals surface area contributed by atoms with Gasteiger partial charge in [-0.2, -0.15) is 8.42 Å². The summed E-state index contributed by atoms with van der Waals surface area (Å²) in [7, 11) is -3.93. The Morgan fingerprint density at radius 3 is 1.35 bits per heavy atom. The van der Waals surface area contributed by atoms with Crippen molar-refractivity contribution in [2.45, 2.75) is 110 Å². The fourth-order valence-corrected chi connectivity index (χ4v) is 3.20. The van der Waals surface area contributed by atoms with Gasteiger partial charge in [0, 0.05) is 0 Å². The van der Waals surface area contributed by atoms with Crippen molar-refractivity contribution in [3.8, 4) is 0 Å². The summed E-state index contributed by atoms with van der Waals surface area (Å²) in [4.78, 5) is 0. The number of rotatable bonds is 17. The quantitative estimate of drug-likeness (QED) is 0.237. The van der Waals surface area contributed by atoms with Crippen LogP contribution in [0.4, 0.5) is 0 Å². The Morgan fingerprint density at radius 1 is 0.652 bits per heavy atom. The zero-order valence-electron chi connectivity index (χ0n) is 15.1. The molecule has 0 radical (unpaired) electrons. The summed E-state index contributed by atoms with van der Waals surface area (Å²) >= 11 is 0. The first-order valence-corrected chi connectivity index (χ1v) is 11.2. The standard InChI is InChI=1S/C19H38O3S/c1-2-3-4-5-6-7-8-9-10-11-12-13-14-15-16-17-18-19-23(20,21)22/h18-19H,2-17H2,1H3,(H,20,21,22). The fourth-order valence-electron chi connectivity index (χ4n) is 2.82. The first-order chi connectivity index (χ1) is 11.1. The predicted molar refractivity (Wildman–Crippen MR) is 100 cm³/mol. The summed E-state index contributed by atoms with van der Waals surface area (Å²) in [5, 5.41) is 0.886. The van der Waals surface area contributed by atoms with Gasteiger partial charge in [-0.05, 0) is 12.8 Å². The van der Waals surface area contributed by atoms with Crippen LogP contribution >= 0.6 is 0 Å². The number of hydrogen-bond donors (Lipinski definition) is 1. The minimum atomic E-state index is -3.93. The van der Waals surface area contributed by atoms with Gasteiger partial charge in [0.25, 0.3) is 10.1 Å². The van der Waals surface area contributed by atoms with E-state index < -0.39 is 10.1 Å². The van der Waals surface area contributed by atoms with Crippen LogP contribution in [0.25, 0.3) is 0 Å². The molecule has 0 aromatic heterocycles. The molecule has 0 spiro atoms. The maximum Gasteiger partial charge on any atom is 0.287 e. The Bertz CT molecular complexity index is 361. The van der Waals surface area contributed by atoms with Gasteiger partial charge in [0.15, 0.2) is 0 Å². The van der Waals surface area contributed by atoms with Crippen molar-refractivity contribution >= 4 is 10.1 Å². The normalized spacial score (nSPS) is 12.3. The molecule has 0 fully saturated rings. The third-order valence-electron chi connectivity index (χ3n) is 4.24. The molecule has 0 aliphatic carbocycles. The maximum atomic E-state index is 10.5. The summed E-state index contributed by atoms with van der Waals surface area (Å²) in [6, 6.07) is 0. The predicted octanol–water partition coefficient (Wildman–Crippen LogP) is 6.65.